The van der Waals surface area contributed by atoms with E-state index in [0.717, 1.165) is 37.1 Å². The molecule has 1 aliphatic heterocycles. The van der Waals surface area contributed by atoms with E-state index in [1.165, 1.54) is 17.5 Å². The highest BCUT2D eigenvalue weighted by atomic mass is 16.2. The number of Topliss-reactive ketones (excluding diaryl/α,β-unsaturated/α-hetero) is 1. The lowest BCUT2D eigenvalue weighted by molar-refractivity contribution is -0.134. The van der Waals surface area contributed by atoms with E-state index in [4.69, 9.17) is 0 Å². The van der Waals surface area contributed by atoms with Gasteiger partial charge in [0.25, 0.3) is 0 Å². The van der Waals surface area contributed by atoms with Gasteiger partial charge in [-0.1, -0.05) is 18.2 Å². The number of pyridine rings is 1. The third kappa shape index (κ3) is 3.93. The molecule has 1 aliphatic carbocycles. The molecule has 5 nitrogen and oxygen atoms in total. The van der Waals surface area contributed by atoms with Gasteiger partial charge in [0.2, 0.25) is 5.91 Å². The molecule has 4 rings (SSSR count). The Morgan fingerprint density at radius 3 is 2.89 bits per heavy atom. The number of carbonyl (C=O) groups is 2. The number of piperazine rings is 1. The second-order valence-corrected chi connectivity index (χ2v) is 7.35. The van der Waals surface area contributed by atoms with E-state index in [0.29, 0.717) is 6.54 Å². The highest BCUT2D eigenvalue weighted by Gasteiger charge is 2.28. The number of fused-ring (bicyclic) bond motifs is 1. The molecule has 2 heterocycles. The summed E-state index contributed by atoms with van der Waals surface area (Å²) >= 11 is 0. The van der Waals surface area contributed by atoms with Crippen molar-refractivity contribution in [1.29, 1.82) is 0 Å². The maximum atomic E-state index is 12.8. The van der Waals surface area contributed by atoms with Gasteiger partial charge in [-0.2, -0.15) is 0 Å². The van der Waals surface area contributed by atoms with Crippen LogP contribution in [0.4, 0.5) is 0 Å². The summed E-state index contributed by atoms with van der Waals surface area (Å²) in [5.74, 6) is 0.103. The van der Waals surface area contributed by atoms with Crippen molar-refractivity contribution in [2.75, 3.05) is 19.6 Å². The summed E-state index contributed by atoms with van der Waals surface area (Å²) in [5, 5.41) is 3.34. The predicted molar refractivity (Wildman–Crippen MR) is 104 cm³/mol. The van der Waals surface area contributed by atoms with Gasteiger partial charge in [0, 0.05) is 50.4 Å². The first-order valence-electron chi connectivity index (χ1n) is 9.77. The third-order valence-corrected chi connectivity index (χ3v) is 5.62. The molecule has 1 atom stereocenters. The topological polar surface area (TPSA) is 62.3 Å². The fourth-order valence-corrected chi connectivity index (χ4v) is 4.13. The number of nitrogens with one attached hydrogen (secondary N) is 1. The molecule has 1 fully saturated rings. The lowest BCUT2D eigenvalue weighted by Crippen LogP contribution is -2.48. The first-order chi connectivity index (χ1) is 13.2. The van der Waals surface area contributed by atoms with Crippen LogP contribution in [0.3, 0.4) is 0 Å². The fraction of sp³-hybridized carbons (Fsp3) is 0.409. The number of ketones is 1. The van der Waals surface area contributed by atoms with Crippen LogP contribution < -0.4 is 5.32 Å². The van der Waals surface area contributed by atoms with Crippen LogP contribution in [0.2, 0.25) is 0 Å². The molecule has 0 spiro atoms. The average molecular weight is 363 g/mol. The number of aryl methyl sites for hydroxylation is 2. The van der Waals surface area contributed by atoms with Crippen molar-refractivity contribution >= 4 is 11.7 Å². The quantitative estimate of drug-likeness (QED) is 0.830. The van der Waals surface area contributed by atoms with Crippen LogP contribution in [0.25, 0.3) is 0 Å². The van der Waals surface area contributed by atoms with Crippen LogP contribution in [0.1, 0.15) is 52.4 Å². The lowest BCUT2D eigenvalue weighted by Gasteiger charge is -2.36. The molecule has 1 unspecified atom stereocenters. The van der Waals surface area contributed by atoms with Crippen LogP contribution in [-0.2, 0) is 17.6 Å². The van der Waals surface area contributed by atoms with Gasteiger partial charge < -0.3 is 10.2 Å². The number of nitrogens with zero attached hydrogens (tertiary/aromatic N) is 2. The van der Waals surface area contributed by atoms with E-state index in [1.54, 1.807) is 6.20 Å². The Labute approximate surface area is 159 Å². The molecule has 0 radical (unpaired) electrons. The Balaban J connectivity index is 1.40. The second kappa shape index (κ2) is 8.01. The second-order valence-electron chi connectivity index (χ2n) is 7.35. The van der Waals surface area contributed by atoms with Crippen LogP contribution in [0, 0.1) is 0 Å². The summed E-state index contributed by atoms with van der Waals surface area (Å²) in [6.45, 7) is 2.16. The monoisotopic (exact) mass is 363 g/mol. The maximum absolute atomic E-state index is 12.8. The van der Waals surface area contributed by atoms with Gasteiger partial charge in [-0.3, -0.25) is 14.6 Å². The van der Waals surface area contributed by atoms with Crippen molar-refractivity contribution in [2.24, 2.45) is 0 Å². The van der Waals surface area contributed by atoms with E-state index >= 15 is 0 Å². The number of benzene rings is 1. The molecule has 2 aromatic rings. The van der Waals surface area contributed by atoms with Crippen LogP contribution in [0.15, 0.2) is 42.7 Å². The Bertz CT molecular complexity index is 835. The molecule has 1 aromatic heterocycles. The van der Waals surface area contributed by atoms with Crippen molar-refractivity contribution < 1.29 is 9.59 Å². The molecular weight excluding hydrogens is 338 g/mol. The van der Waals surface area contributed by atoms with Crippen LogP contribution >= 0.6 is 0 Å². The normalized spacial score (nSPS) is 19.0. The number of hydrogen-bond donors (Lipinski definition) is 1. The van der Waals surface area contributed by atoms with Crippen molar-refractivity contribution in [3.05, 3.63) is 65.0 Å². The van der Waals surface area contributed by atoms with E-state index in [2.05, 4.69) is 16.4 Å². The standard InChI is InChI=1S/C22H25N3O2/c26-21(18-7-6-16-3-1-4-17(16)13-18)8-9-22(27)25-12-11-24-15-20(25)19-5-2-10-23-14-19/h2,5-7,10,13-14,20,24H,1,3-4,8-9,11-12,15H2. The average Bonchev–Trinajstić information content (AvgIpc) is 3.20. The van der Waals surface area contributed by atoms with Gasteiger partial charge in [0.1, 0.15) is 0 Å². The Morgan fingerprint density at radius 1 is 1.15 bits per heavy atom. The summed E-state index contributed by atoms with van der Waals surface area (Å²) in [7, 11) is 0. The number of hydrogen-bond acceptors (Lipinski definition) is 4. The fourth-order valence-electron chi connectivity index (χ4n) is 4.13. The zero-order valence-electron chi connectivity index (χ0n) is 15.5. The highest BCUT2D eigenvalue weighted by molar-refractivity contribution is 5.98. The van der Waals surface area contributed by atoms with Gasteiger partial charge in [-0.25, -0.2) is 0 Å². The minimum atomic E-state index is -0.0185. The van der Waals surface area contributed by atoms with E-state index in [-0.39, 0.29) is 30.6 Å². The molecule has 0 saturated carbocycles. The van der Waals surface area contributed by atoms with Crippen molar-refractivity contribution in [2.45, 2.75) is 38.1 Å². The maximum Gasteiger partial charge on any atom is 0.223 e. The summed E-state index contributed by atoms with van der Waals surface area (Å²) in [6.07, 6.45) is 7.41. The molecule has 0 bridgehead atoms. The molecule has 1 aromatic carbocycles. The van der Waals surface area contributed by atoms with Gasteiger partial charge in [-0.05, 0) is 48.1 Å². The van der Waals surface area contributed by atoms with Crippen molar-refractivity contribution in [1.82, 2.24) is 15.2 Å². The first kappa shape index (κ1) is 17.9. The zero-order chi connectivity index (χ0) is 18.6. The SMILES string of the molecule is O=C(CCC(=O)N1CCNCC1c1cccnc1)c1ccc2c(c1)CCC2. The number of rotatable bonds is 5. The molecular formula is C22H25N3O2. The molecule has 1 amide bonds. The Kier molecular flexibility index (Phi) is 5.30. The van der Waals surface area contributed by atoms with E-state index < -0.39 is 0 Å². The Morgan fingerprint density at radius 2 is 2.04 bits per heavy atom. The van der Waals surface area contributed by atoms with Crippen molar-refractivity contribution in [3.8, 4) is 0 Å². The minimum absolute atomic E-state index is 0.0185. The summed E-state index contributed by atoms with van der Waals surface area (Å²) in [5.41, 5.74) is 4.43. The lowest BCUT2D eigenvalue weighted by atomic mass is 10.00. The molecule has 27 heavy (non-hydrogen) atoms. The molecule has 1 saturated heterocycles. The van der Waals surface area contributed by atoms with Crippen LogP contribution in [-0.4, -0.2) is 41.2 Å². The smallest absolute Gasteiger partial charge is 0.223 e. The Hall–Kier alpha value is -2.53. The highest BCUT2D eigenvalue weighted by Crippen LogP contribution is 2.25. The zero-order valence-corrected chi connectivity index (χ0v) is 15.5. The summed E-state index contributed by atoms with van der Waals surface area (Å²) in [6, 6.07) is 9.89. The van der Waals surface area contributed by atoms with Gasteiger partial charge in [-0.15, -0.1) is 0 Å². The van der Waals surface area contributed by atoms with Crippen molar-refractivity contribution in [3.63, 3.8) is 0 Å². The molecule has 1 N–H and O–H groups in total. The first-order valence-corrected chi connectivity index (χ1v) is 9.77. The minimum Gasteiger partial charge on any atom is -0.333 e. The van der Waals surface area contributed by atoms with Gasteiger partial charge in [0.05, 0.1) is 6.04 Å². The van der Waals surface area contributed by atoms with Gasteiger partial charge in [0.15, 0.2) is 5.78 Å². The van der Waals surface area contributed by atoms with Gasteiger partial charge >= 0.3 is 0 Å². The summed E-state index contributed by atoms with van der Waals surface area (Å²) < 4.78 is 0. The molecule has 140 valence electrons. The number of aromatic nitrogens is 1. The predicted octanol–water partition coefficient (Wildman–Crippen LogP) is 2.71. The number of carbonyl (C=O) groups excluding carboxylic acids is 2. The summed E-state index contributed by atoms with van der Waals surface area (Å²) in [4.78, 5) is 31.5. The van der Waals surface area contributed by atoms with Crippen LogP contribution in [0.5, 0.6) is 0 Å². The molecule has 5 heteroatoms. The number of amides is 1. The van der Waals surface area contributed by atoms with E-state index in [1.807, 2.05) is 35.4 Å². The third-order valence-electron chi connectivity index (χ3n) is 5.62. The largest absolute Gasteiger partial charge is 0.333 e. The van der Waals surface area contributed by atoms with E-state index in [9.17, 15) is 9.59 Å². The molecule has 2 aliphatic rings.